The van der Waals surface area contributed by atoms with Crippen molar-refractivity contribution in [1.82, 2.24) is 25.2 Å². The summed E-state index contributed by atoms with van der Waals surface area (Å²) in [6, 6.07) is 9.88. The lowest BCUT2D eigenvalue weighted by molar-refractivity contribution is -0.207. The average Bonchev–Trinajstić information content (AvgIpc) is 3.35. The largest absolute Gasteiger partial charge is 0.418 e. The Kier molecular flexibility index (Phi) is 5.96. The van der Waals surface area contributed by atoms with Crippen molar-refractivity contribution in [1.29, 1.82) is 0 Å². The highest BCUT2D eigenvalue weighted by molar-refractivity contribution is 5.64. The molecule has 194 valence electrons. The van der Waals surface area contributed by atoms with Crippen LogP contribution in [0.15, 0.2) is 60.8 Å². The van der Waals surface area contributed by atoms with Crippen LogP contribution in [0, 0.1) is 17.7 Å². The molecule has 13 heteroatoms. The Hall–Kier alpha value is -4.28. The molecule has 38 heavy (non-hydrogen) atoms. The molecule has 0 amide bonds. The number of benzene rings is 2. The minimum absolute atomic E-state index is 0.0273. The zero-order valence-corrected chi connectivity index (χ0v) is 19.0. The van der Waals surface area contributed by atoms with Gasteiger partial charge in [0.25, 0.3) is 0 Å². The molecule has 0 radical (unpaired) electrons. The van der Waals surface area contributed by atoms with Crippen molar-refractivity contribution in [2.45, 2.75) is 30.3 Å². The van der Waals surface area contributed by atoms with E-state index in [1.54, 1.807) is 0 Å². The van der Waals surface area contributed by atoms with Crippen LogP contribution < -0.4 is 0 Å². The van der Waals surface area contributed by atoms with Crippen molar-refractivity contribution < 1.29 is 36.6 Å². The topological polar surface area (TPSA) is 97.0 Å². The molecule has 0 fully saturated rings. The zero-order chi connectivity index (χ0) is 27.3. The van der Waals surface area contributed by atoms with Crippen molar-refractivity contribution in [3.8, 4) is 23.2 Å². The summed E-state index contributed by atoms with van der Waals surface area (Å²) in [7, 11) is 0. The number of aliphatic hydroxyl groups is 2. The van der Waals surface area contributed by atoms with Gasteiger partial charge in [-0.15, -0.1) is 5.10 Å². The number of fused-ring (bicyclic) bond motifs is 3. The van der Waals surface area contributed by atoms with Crippen LogP contribution in [0.3, 0.4) is 0 Å². The fraction of sp³-hybridized carbons (Fsp3) is 0.200. The number of aliphatic hydroxyl groups excluding tert-OH is 1. The van der Waals surface area contributed by atoms with E-state index in [0.717, 1.165) is 47.3 Å². The molecule has 2 atom stereocenters. The first kappa shape index (κ1) is 25.4. The van der Waals surface area contributed by atoms with Crippen LogP contribution in [0.1, 0.15) is 34.1 Å². The number of hydrogen-bond donors (Lipinski definition) is 2. The highest BCUT2D eigenvalue weighted by Crippen LogP contribution is 2.50. The summed E-state index contributed by atoms with van der Waals surface area (Å²) in [6.45, 7) is -0.719. The van der Waals surface area contributed by atoms with E-state index in [0.29, 0.717) is 5.56 Å². The van der Waals surface area contributed by atoms with E-state index in [2.05, 4.69) is 32.4 Å². The average molecular weight is 531 g/mol. The molecule has 2 N–H and O–H groups in total. The second-order valence-electron chi connectivity index (χ2n) is 8.53. The first-order valence-corrected chi connectivity index (χ1v) is 10.9. The minimum Gasteiger partial charge on any atom is -0.379 e. The molecule has 1 aliphatic rings. The predicted molar refractivity (Wildman–Crippen MR) is 119 cm³/mol. The van der Waals surface area contributed by atoms with Gasteiger partial charge in [-0.1, -0.05) is 30.0 Å². The molecule has 1 aliphatic heterocycles. The Morgan fingerprint density at radius 3 is 2.29 bits per heavy atom. The molecule has 3 heterocycles. The Labute approximate surface area is 210 Å². The van der Waals surface area contributed by atoms with Crippen molar-refractivity contribution in [2.24, 2.45) is 0 Å². The van der Waals surface area contributed by atoms with Gasteiger partial charge in [0.1, 0.15) is 11.5 Å². The van der Waals surface area contributed by atoms with Gasteiger partial charge >= 0.3 is 12.1 Å². The van der Waals surface area contributed by atoms with E-state index in [1.807, 2.05) is 0 Å². The first-order valence-electron chi connectivity index (χ1n) is 10.9. The molecule has 2 unspecified atom stereocenters. The molecule has 0 aliphatic carbocycles. The number of rotatable bonds is 3. The maximum absolute atomic E-state index is 15.8. The summed E-state index contributed by atoms with van der Waals surface area (Å²) < 4.78 is 84.2. The Morgan fingerprint density at radius 2 is 1.63 bits per heavy atom. The number of aromatic nitrogens is 5. The quantitative estimate of drug-likeness (QED) is 0.308. The lowest BCUT2D eigenvalue weighted by Gasteiger charge is -2.39. The predicted octanol–water partition coefficient (Wildman–Crippen LogP) is 3.86. The van der Waals surface area contributed by atoms with Crippen LogP contribution in [0.25, 0.3) is 11.4 Å². The van der Waals surface area contributed by atoms with Crippen molar-refractivity contribution >= 4 is 0 Å². The molecular formula is C25H15F6N5O2. The molecule has 0 spiro atoms. The third-order valence-corrected chi connectivity index (χ3v) is 6.07. The van der Waals surface area contributed by atoms with Crippen LogP contribution in [0.2, 0.25) is 0 Å². The fourth-order valence-corrected chi connectivity index (χ4v) is 4.08. The first-order chi connectivity index (χ1) is 17.9. The summed E-state index contributed by atoms with van der Waals surface area (Å²) in [5.41, 5.74) is -3.82. The highest BCUT2D eigenvalue weighted by atomic mass is 19.4. The molecule has 4 aromatic rings. The number of hydrogen-bond acceptors (Lipinski definition) is 6. The van der Waals surface area contributed by atoms with Crippen LogP contribution >= 0.6 is 0 Å². The van der Waals surface area contributed by atoms with Crippen molar-refractivity contribution in [2.75, 3.05) is 0 Å². The van der Waals surface area contributed by atoms with E-state index in [1.165, 1.54) is 18.2 Å². The molecule has 0 saturated carbocycles. The zero-order valence-electron chi connectivity index (χ0n) is 19.0. The van der Waals surface area contributed by atoms with Gasteiger partial charge in [0.15, 0.2) is 17.5 Å². The second kappa shape index (κ2) is 8.93. The van der Waals surface area contributed by atoms with Crippen LogP contribution in [0.4, 0.5) is 26.3 Å². The van der Waals surface area contributed by atoms with E-state index in [-0.39, 0.29) is 28.1 Å². The third-order valence-electron chi connectivity index (χ3n) is 6.07. The summed E-state index contributed by atoms with van der Waals surface area (Å²) in [5.74, 6) is 0.668. The van der Waals surface area contributed by atoms with Gasteiger partial charge in [-0.3, -0.25) is 4.98 Å². The minimum atomic E-state index is -4.81. The maximum atomic E-state index is 15.8. The molecule has 0 bridgehead atoms. The molecule has 0 saturated heterocycles. The number of nitrogens with zero attached hydrogens (tertiary/aromatic N) is 5. The van der Waals surface area contributed by atoms with Crippen molar-refractivity contribution in [3.05, 3.63) is 94.6 Å². The van der Waals surface area contributed by atoms with E-state index < -0.39 is 41.9 Å². The molecule has 2 aromatic carbocycles. The Bertz CT molecular complexity index is 1560. The summed E-state index contributed by atoms with van der Waals surface area (Å²) in [6.07, 6.45) is -6.38. The van der Waals surface area contributed by atoms with Gasteiger partial charge in [-0.25, -0.2) is 9.07 Å². The smallest absolute Gasteiger partial charge is 0.379 e. The second-order valence-corrected chi connectivity index (χ2v) is 8.53. The van der Waals surface area contributed by atoms with Crippen LogP contribution in [0.5, 0.6) is 0 Å². The SMILES string of the molecule is OC(c1ccc(C#Cc2ccc(C(F)(F)C3(O)Cn4nnnc4-c4cc(F)ccc43)nc2)cc1)C(F)(F)F. The van der Waals surface area contributed by atoms with Crippen molar-refractivity contribution in [3.63, 3.8) is 0 Å². The van der Waals surface area contributed by atoms with Gasteiger partial charge in [0.2, 0.25) is 0 Å². The van der Waals surface area contributed by atoms with Crippen LogP contribution in [-0.4, -0.2) is 41.6 Å². The lowest BCUT2D eigenvalue weighted by atomic mass is 9.80. The molecule has 7 nitrogen and oxygen atoms in total. The van der Waals surface area contributed by atoms with Gasteiger partial charge in [0, 0.05) is 28.5 Å². The Morgan fingerprint density at radius 1 is 0.947 bits per heavy atom. The van der Waals surface area contributed by atoms with Gasteiger partial charge in [-0.05, 0) is 52.4 Å². The summed E-state index contributed by atoms with van der Waals surface area (Å²) >= 11 is 0. The standard InChI is InChI=1S/C25H15F6N5O2/c26-17-8-9-19-18(11-17)22-33-34-35-36(22)13-23(19,38)24(27,28)20-10-5-15(12-32-20)2-1-14-3-6-16(7-4-14)21(37)25(29,30)31/h3-12,21,37-38H,13H2. The summed E-state index contributed by atoms with van der Waals surface area (Å²) in [4.78, 5) is 3.78. The monoisotopic (exact) mass is 531 g/mol. The molecule has 5 rings (SSSR count). The van der Waals surface area contributed by atoms with Gasteiger partial charge < -0.3 is 10.2 Å². The molecular weight excluding hydrogens is 516 g/mol. The van der Waals surface area contributed by atoms with Crippen LogP contribution in [-0.2, 0) is 18.1 Å². The van der Waals surface area contributed by atoms with E-state index in [9.17, 15) is 27.8 Å². The lowest BCUT2D eigenvalue weighted by Crippen LogP contribution is -2.49. The molecule has 2 aromatic heterocycles. The normalized spacial score (nSPS) is 17.7. The maximum Gasteiger partial charge on any atom is 0.418 e. The van der Waals surface area contributed by atoms with Gasteiger partial charge in [0.05, 0.1) is 6.54 Å². The highest BCUT2D eigenvalue weighted by Gasteiger charge is 2.59. The fourth-order valence-electron chi connectivity index (χ4n) is 4.08. The van der Waals surface area contributed by atoms with Gasteiger partial charge in [-0.2, -0.15) is 22.0 Å². The number of tetrazole rings is 1. The summed E-state index contributed by atoms with van der Waals surface area (Å²) in [5, 5.41) is 31.3. The number of alkyl halides is 5. The third kappa shape index (κ3) is 4.27. The van der Waals surface area contributed by atoms with E-state index >= 15 is 8.78 Å². The number of halogens is 6. The van der Waals surface area contributed by atoms with E-state index in [4.69, 9.17) is 0 Å². The number of pyridine rings is 1. The Balaban J connectivity index is 1.41.